The molecule has 0 amide bonds. The smallest absolute Gasteiger partial charge is 0.171 e. The maximum atomic E-state index is 12.4. The molecule has 0 N–H and O–H groups in total. The molecule has 1 aliphatic rings. The van der Waals surface area contributed by atoms with E-state index in [0.29, 0.717) is 0 Å². The molecule has 1 atom stereocenters. The zero-order chi connectivity index (χ0) is 12.0. The van der Waals surface area contributed by atoms with E-state index in [9.17, 15) is 4.79 Å². The topological polar surface area (TPSA) is 34.9 Å². The number of benzene rings is 1. The second-order valence-electron chi connectivity index (χ2n) is 5.05. The van der Waals surface area contributed by atoms with Gasteiger partial charge >= 0.3 is 0 Å². The average molecular weight is 226 g/mol. The van der Waals surface area contributed by atoms with E-state index in [4.69, 9.17) is 0 Å². The Labute approximate surface area is 100 Å². The molecule has 3 nitrogen and oxygen atoms in total. The molecular formula is C14H14N2O. The quantitative estimate of drug-likeness (QED) is 0.749. The van der Waals surface area contributed by atoms with Crippen LogP contribution < -0.4 is 0 Å². The number of nitrogens with zero attached hydrogens (tertiary/aromatic N) is 2. The minimum atomic E-state index is -0.412. The van der Waals surface area contributed by atoms with Crippen LogP contribution in [0, 0.1) is 5.41 Å². The molecule has 0 aliphatic heterocycles. The number of ketones is 1. The number of carbonyl (C=O) groups is 1. The minimum absolute atomic E-state index is 0.0497. The van der Waals surface area contributed by atoms with Gasteiger partial charge in [0.2, 0.25) is 0 Å². The van der Waals surface area contributed by atoms with E-state index >= 15 is 0 Å². The van der Waals surface area contributed by atoms with Crippen molar-refractivity contribution in [2.45, 2.75) is 19.9 Å². The molecule has 0 unspecified atom stereocenters. The second kappa shape index (κ2) is 3.29. The van der Waals surface area contributed by atoms with Gasteiger partial charge in [-0.25, -0.2) is 4.98 Å². The SMILES string of the molecule is CC1(C)C(=O)c2ccccc2[C@H]1n1ccnc1. The molecule has 1 heterocycles. The van der Waals surface area contributed by atoms with Gasteiger partial charge in [-0.15, -0.1) is 0 Å². The van der Waals surface area contributed by atoms with Gasteiger partial charge in [0, 0.05) is 18.0 Å². The van der Waals surface area contributed by atoms with Crippen LogP contribution in [0.2, 0.25) is 0 Å². The van der Waals surface area contributed by atoms with Crippen LogP contribution in [-0.2, 0) is 0 Å². The third-order valence-corrected chi connectivity index (χ3v) is 3.59. The largest absolute Gasteiger partial charge is 0.329 e. The van der Waals surface area contributed by atoms with Crippen molar-refractivity contribution < 1.29 is 4.79 Å². The number of rotatable bonds is 1. The summed E-state index contributed by atoms with van der Waals surface area (Å²) in [5.41, 5.74) is 1.53. The van der Waals surface area contributed by atoms with Gasteiger partial charge in [0.15, 0.2) is 5.78 Å². The van der Waals surface area contributed by atoms with Crippen molar-refractivity contribution in [3.8, 4) is 0 Å². The van der Waals surface area contributed by atoms with Gasteiger partial charge in [-0.1, -0.05) is 38.1 Å². The van der Waals surface area contributed by atoms with Crippen LogP contribution in [0.15, 0.2) is 43.0 Å². The number of Topliss-reactive ketones (excluding diaryl/α,β-unsaturated/α-hetero) is 1. The molecule has 1 aromatic heterocycles. The zero-order valence-electron chi connectivity index (χ0n) is 9.92. The Bertz CT molecular complexity index is 570. The van der Waals surface area contributed by atoms with Gasteiger partial charge in [-0.2, -0.15) is 0 Å². The van der Waals surface area contributed by atoms with Gasteiger partial charge in [0.05, 0.1) is 17.8 Å². The maximum Gasteiger partial charge on any atom is 0.171 e. The van der Waals surface area contributed by atoms with Gasteiger partial charge in [0.1, 0.15) is 0 Å². The van der Waals surface area contributed by atoms with Crippen LogP contribution in [-0.4, -0.2) is 15.3 Å². The normalized spacial score (nSPS) is 21.5. The molecule has 1 aliphatic carbocycles. The lowest BCUT2D eigenvalue weighted by Gasteiger charge is -2.27. The number of aromatic nitrogens is 2. The monoisotopic (exact) mass is 226 g/mol. The first-order valence-corrected chi connectivity index (χ1v) is 5.73. The van der Waals surface area contributed by atoms with Crippen molar-refractivity contribution in [2.24, 2.45) is 5.41 Å². The van der Waals surface area contributed by atoms with E-state index in [0.717, 1.165) is 11.1 Å². The highest BCUT2D eigenvalue weighted by atomic mass is 16.1. The highest BCUT2D eigenvalue weighted by molar-refractivity contribution is 6.05. The number of hydrogen-bond acceptors (Lipinski definition) is 2. The van der Waals surface area contributed by atoms with Crippen LogP contribution in [0.1, 0.15) is 35.8 Å². The van der Waals surface area contributed by atoms with E-state index in [1.165, 1.54) is 0 Å². The molecule has 3 rings (SSSR count). The molecule has 86 valence electrons. The van der Waals surface area contributed by atoms with Crippen LogP contribution >= 0.6 is 0 Å². The van der Waals surface area contributed by atoms with Crippen molar-refractivity contribution in [3.05, 3.63) is 54.1 Å². The summed E-state index contributed by atoms with van der Waals surface area (Å²) in [6.45, 7) is 4.00. The third kappa shape index (κ3) is 1.28. The lowest BCUT2D eigenvalue weighted by Crippen LogP contribution is -2.28. The average Bonchev–Trinajstić information content (AvgIpc) is 2.87. The lowest BCUT2D eigenvalue weighted by molar-refractivity contribution is 0.0821. The molecule has 0 saturated carbocycles. The first-order chi connectivity index (χ1) is 8.12. The Morgan fingerprint density at radius 3 is 2.76 bits per heavy atom. The van der Waals surface area contributed by atoms with Gasteiger partial charge < -0.3 is 4.57 Å². The number of hydrogen-bond donors (Lipinski definition) is 0. The summed E-state index contributed by atoms with van der Waals surface area (Å²) in [7, 11) is 0. The van der Waals surface area contributed by atoms with Gasteiger partial charge in [0.25, 0.3) is 0 Å². The lowest BCUT2D eigenvalue weighted by atomic mass is 9.84. The number of carbonyl (C=O) groups excluding carboxylic acids is 1. The Morgan fingerprint density at radius 1 is 1.29 bits per heavy atom. The summed E-state index contributed by atoms with van der Waals surface area (Å²) in [4.78, 5) is 16.5. The molecular weight excluding hydrogens is 212 g/mol. The molecule has 0 radical (unpaired) electrons. The first-order valence-electron chi connectivity index (χ1n) is 5.73. The molecule has 2 aromatic rings. The second-order valence-corrected chi connectivity index (χ2v) is 5.05. The van der Waals surface area contributed by atoms with Crippen molar-refractivity contribution in [3.63, 3.8) is 0 Å². The van der Waals surface area contributed by atoms with Crippen molar-refractivity contribution in [1.82, 2.24) is 9.55 Å². The fraction of sp³-hybridized carbons (Fsp3) is 0.286. The summed E-state index contributed by atoms with van der Waals surface area (Å²) < 4.78 is 2.02. The predicted octanol–water partition coefficient (Wildman–Crippen LogP) is 2.70. The molecule has 0 fully saturated rings. The highest BCUT2D eigenvalue weighted by Gasteiger charge is 2.46. The highest BCUT2D eigenvalue weighted by Crippen LogP contribution is 2.47. The zero-order valence-corrected chi connectivity index (χ0v) is 9.92. The van der Waals surface area contributed by atoms with Crippen molar-refractivity contribution in [2.75, 3.05) is 0 Å². The number of imidazole rings is 1. The number of fused-ring (bicyclic) bond motifs is 1. The standard InChI is InChI=1S/C14H14N2O/c1-14(2)12(16-8-7-15-9-16)10-5-3-4-6-11(10)13(14)17/h3-9,12H,1-2H3/t12-/m1/s1. The Balaban J connectivity index is 2.24. The summed E-state index contributed by atoms with van der Waals surface area (Å²) in [5, 5.41) is 0. The van der Waals surface area contributed by atoms with Crippen LogP contribution in [0.25, 0.3) is 0 Å². The predicted molar refractivity (Wildman–Crippen MR) is 64.9 cm³/mol. The Kier molecular flexibility index (Phi) is 1.99. The van der Waals surface area contributed by atoms with E-state index in [-0.39, 0.29) is 11.8 Å². The fourth-order valence-corrected chi connectivity index (χ4v) is 2.76. The summed E-state index contributed by atoms with van der Waals surface area (Å²) in [5.74, 6) is 0.215. The van der Waals surface area contributed by atoms with Crippen molar-refractivity contribution >= 4 is 5.78 Å². The van der Waals surface area contributed by atoms with E-state index in [1.807, 2.05) is 48.9 Å². The van der Waals surface area contributed by atoms with Gasteiger partial charge in [-0.3, -0.25) is 4.79 Å². The maximum absolute atomic E-state index is 12.4. The molecule has 0 saturated heterocycles. The van der Waals surface area contributed by atoms with E-state index < -0.39 is 5.41 Å². The summed E-state index contributed by atoms with van der Waals surface area (Å²) >= 11 is 0. The first kappa shape index (κ1) is 10.3. The van der Waals surface area contributed by atoms with Crippen LogP contribution in [0.3, 0.4) is 0 Å². The van der Waals surface area contributed by atoms with E-state index in [2.05, 4.69) is 4.98 Å². The van der Waals surface area contributed by atoms with Gasteiger partial charge in [-0.05, 0) is 5.56 Å². The van der Waals surface area contributed by atoms with E-state index in [1.54, 1.807) is 12.5 Å². The molecule has 0 spiro atoms. The molecule has 17 heavy (non-hydrogen) atoms. The summed E-state index contributed by atoms with van der Waals surface area (Å²) in [6, 6.07) is 7.90. The Hall–Kier alpha value is -1.90. The van der Waals surface area contributed by atoms with Crippen molar-refractivity contribution in [1.29, 1.82) is 0 Å². The van der Waals surface area contributed by atoms with Crippen LogP contribution in [0.4, 0.5) is 0 Å². The Morgan fingerprint density at radius 2 is 2.06 bits per heavy atom. The minimum Gasteiger partial charge on any atom is -0.329 e. The third-order valence-electron chi connectivity index (χ3n) is 3.59. The fourth-order valence-electron chi connectivity index (χ4n) is 2.76. The summed E-state index contributed by atoms with van der Waals surface area (Å²) in [6.07, 6.45) is 5.45. The molecule has 3 heteroatoms. The molecule has 0 bridgehead atoms. The van der Waals surface area contributed by atoms with Crippen LogP contribution in [0.5, 0.6) is 0 Å². The molecule has 1 aromatic carbocycles.